The van der Waals surface area contributed by atoms with E-state index in [1.807, 2.05) is 18.2 Å². The Labute approximate surface area is 93.2 Å². The third-order valence-corrected chi connectivity index (χ3v) is 2.50. The van der Waals surface area contributed by atoms with Crippen LogP contribution in [0.3, 0.4) is 0 Å². The molecule has 82 valence electrons. The van der Waals surface area contributed by atoms with Crippen molar-refractivity contribution in [1.82, 2.24) is 0 Å². The zero-order valence-electron chi connectivity index (χ0n) is 8.60. The molecule has 0 saturated heterocycles. The predicted octanol–water partition coefficient (Wildman–Crippen LogP) is 2.49. The second kappa shape index (κ2) is 4.33. The number of halogens is 1. The highest BCUT2D eigenvalue weighted by Gasteiger charge is 2.14. The summed E-state index contributed by atoms with van der Waals surface area (Å²) >= 11 is 0. The molecule has 0 aliphatic heterocycles. The zero-order valence-corrected chi connectivity index (χ0v) is 8.60. The highest BCUT2D eigenvalue weighted by atomic mass is 19.1. The SMILES string of the molecule is Nc1c(F)cccc1C(O)c1ccccc1. The molecule has 2 aromatic rings. The molecule has 0 saturated carbocycles. The van der Waals surface area contributed by atoms with Crippen LogP contribution in [0.25, 0.3) is 0 Å². The van der Waals surface area contributed by atoms with Crippen molar-refractivity contribution in [2.75, 3.05) is 5.73 Å². The van der Waals surface area contributed by atoms with Gasteiger partial charge in [0.25, 0.3) is 0 Å². The summed E-state index contributed by atoms with van der Waals surface area (Å²) in [5, 5.41) is 10.1. The van der Waals surface area contributed by atoms with Crippen molar-refractivity contribution < 1.29 is 9.50 Å². The molecule has 2 nitrogen and oxygen atoms in total. The Kier molecular flexibility index (Phi) is 2.88. The third kappa shape index (κ3) is 1.90. The van der Waals surface area contributed by atoms with Gasteiger partial charge in [0, 0.05) is 5.56 Å². The molecule has 3 heteroatoms. The Balaban J connectivity index is 2.42. The summed E-state index contributed by atoms with van der Waals surface area (Å²) in [6, 6.07) is 13.5. The minimum absolute atomic E-state index is 0.00106. The molecule has 0 aliphatic rings. The van der Waals surface area contributed by atoms with Gasteiger partial charge in [0.2, 0.25) is 0 Å². The average Bonchev–Trinajstić information content (AvgIpc) is 2.33. The lowest BCUT2D eigenvalue weighted by molar-refractivity contribution is 0.220. The van der Waals surface area contributed by atoms with Crippen LogP contribution in [0, 0.1) is 5.82 Å². The summed E-state index contributed by atoms with van der Waals surface area (Å²) in [7, 11) is 0. The van der Waals surface area contributed by atoms with E-state index >= 15 is 0 Å². The molecule has 0 aromatic heterocycles. The summed E-state index contributed by atoms with van der Waals surface area (Å²) in [6.07, 6.45) is -0.892. The van der Waals surface area contributed by atoms with Crippen LogP contribution in [-0.2, 0) is 0 Å². The molecule has 3 N–H and O–H groups in total. The summed E-state index contributed by atoms with van der Waals surface area (Å²) in [5.41, 5.74) is 6.67. The van der Waals surface area contributed by atoms with E-state index in [1.54, 1.807) is 18.2 Å². The molecule has 0 radical (unpaired) electrons. The second-order valence-corrected chi connectivity index (χ2v) is 3.56. The first-order valence-electron chi connectivity index (χ1n) is 4.97. The number of para-hydroxylation sites is 1. The lowest BCUT2D eigenvalue weighted by Crippen LogP contribution is -2.05. The van der Waals surface area contributed by atoms with Gasteiger partial charge in [-0.3, -0.25) is 0 Å². The van der Waals surface area contributed by atoms with Crippen molar-refractivity contribution in [2.24, 2.45) is 0 Å². The van der Waals surface area contributed by atoms with Crippen LogP contribution in [0.2, 0.25) is 0 Å². The lowest BCUT2D eigenvalue weighted by Gasteiger charge is -2.13. The average molecular weight is 217 g/mol. The van der Waals surface area contributed by atoms with Gasteiger partial charge in [-0.25, -0.2) is 4.39 Å². The van der Waals surface area contributed by atoms with Crippen molar-refractivity contribution in [1.29, 1.82) is 0 Å². The number of anilines is 1. The maximum atomic E-state index is 13.2. The fourth-order valence-electron chi connectivity index (χ4n) is 1.61. The molecular formula is C13H12FNO. The normalized spacial score (nSPS) is 12.4. The number of rotatable bonds is 2. The third-order valence-electron chi connectivity index (χ3n) is 2.50. The van der Waals surface area contributed by atoms with Crippen LogP contribution in [0.5, 0.6) is 0 Å². The Morgan fingerprint density at radius 1 is 1.00 bits per heavy atom. The summed E-state index contributed by atoms with van der Waals surface area (Å²) < 4.78 is 13.2. The van der Waals surface area contributed by atoms with E-state index in [-0.39, 0.29) is 5.69 Å². The summed E-state index contributed by atoms with van der Waals surface area (Å²) in [5.74, 6) is -0.507. The van der Waals surface area contributed by atoms with Gasteiger partial charge in [-0.2, -0.15) is 0 Å². The van der Waals surface area contributed by atoms with Crippen LogP contribution in [0.4, 0.5) is 10.1 Å². The number of aliphatic hydroxyl groups is 1. The van der Waals surface area contributed by atoms with Crippen molar-refractivity contribution >= 4 is 5.69 Å². The predicted molar refractivity (Wildman–Crippen MR) is 61.3 cm³/mol. The van der Waals surface area contributed by atoms with Gasteiger partial charge < -0.3 is 10.8 Å². The first kappa shape index (κ1) is 10.6. The molecule has 1 unspecified atom stereocenters. The first-order valence-corrected chi connectivity index (χ1v) is 4.97. The molecule has 0 aliphatic carbocycles. The van der Waals surface area contributed by atoms with E-state index in [0.717, 1.165) is 0 Å². The molecule has 0 spiro atoms. The standard InChI is InChI=1S/C13H12FNO/c14-11-8-4-7-10(12(11)15)13(16)9-5-2-1-3-6-9/h1-8,13,16H,15H2. The quantitative estimate of drug-likeness (QED) is 0.759. The molecule has 0 heterocycles. The minimum Gasteiger partial charge on any atom is -0.396 e. The van der Waals surface area contributed by atoms with E-state index < -0.39 is 11.9 Å². The smallest absolute Gasteiger partial charge is 0.146 e. The fourth-order valence-corrected chi connectivity index (χ4v) is 1.61. The van der Waals surface area contributed by atoms with Gasteiger partial charge in [0.05, 0.1) is 5.69 Å². The van der Waals surface area contributed by atoms with Crippen molar-refractivity contribution in [2.45, 2.75) is 6.10 Å². The Hall–Kier alpha value is -1.87. The van der Waals surface area contributed by atoms with E-state index in [4.69, 9.17) is 5.73 Å². The van der Waals surface area contributed by atoms with Crippen molar-refractivity contribution in [3.8, 4) is 0 Å². The number of aliphatic hydroxyl groups excluding tert-OH is 1. The Morgan fingerprint density at radius 2 is 1.69 bits per heavy atom. The van der Waals surface area contributed by atoms with Crippen LogP contribution < -0.4 is 5.73 Å². The van der Waals surface area contributed by atoms with Gasteiger partial charge in [-0.15, -0.1) is 0 Å². The van der Waals surface area contributed by atoms with Crippen molar-refractivity contribution in [3.63, 3.8) is 0 Å². The number of hydrogen-bond acceptors (Lipinski definition) is 2. The highest BCUT2D eigenvalue weighted by molar-refractivity contribution is 5.51. The first-order chi connectivity index (χ1) is 7.70. The zero-order chi connectivity index (χ0) is 11.5. The van der Waals surface area contributed by atoms with Gasteiger partial charge in [-0.05, 0) is 11.6 Å². The highest BCUT2D eigenvalue weighted by Crippen LogP contribution is 2.27. The summed E-state index contributed by atoms with van der Waals surface area (Å²) in [4.78, 5) is 0. The van der Waals surface area contributed by atoms with E-state index in [9.17, 15) is 9.50 Å². The number of nitrogen functional groups attached to an aromatic ring is 1. The molecule has 1 atom stereocenters. The number of hydrogen-bond donors (Lipinski definition) is 2. The number of benzene rings is 2. The molecule has 0 bridgehead atoms. The molecular weight excluding hydrogens is 205 g/mol. The van der Waals surface area contributed by atoms with Crippen LogP contribution in [-0.4, -0.2) is 5.11 Å². The minimum atomic E-state index is -0.892. The molecule has 0 amide bonds. The molecule has 0 fully saturated rings. The Bertz CT molecular complexity index is 485. The maximum Gasteiger partial charge on any atom is 0.146 e. The second-order valence-electron chi connectivity index (χ2n) is 3.56. The van der Waals surface area contributed by atoms with Crippen LogP contribution in [0.1, 0.15) is 17.2 Å². The Morgan fingerprint density at radius 3 is 2.38 bits per heavy atom. The largest absolute Gasteiger partial charge is 0.396 e. The topological polar surface area (TPSA) is 46.2 Å². The fraction of sp³-hybridized carbons (Fsp3) is 0.0769. The van der Waals surface area contributed by atoms with E-state index in [0.29, 0.717) is 11.1 Å². The molecule has 2 aromatic carbocycles. The maximum absolute atomic E-state index is 13.2. The molecule has 2 rings (SSSR count). The monoisotopic (exact) mass is 217 g/mol. The van der Waals surface area contributed by atoms with Gasteiger partial charge in [0.1, 0.15) is 11.9 Å². The lowest BCUT2D eigenvalue weighted by atomic mass is 10.00. The van der Waals surface area contributed by atoms with E-state index in [2.05, 4.69) is 0 Å². The summed E-state index contributed by atoms with van der Waals surface area (Å²) in [6.45, 7) is 0. The van der Waals surface area contributed by atoms with Gasteiger partial charge in [0.15, 0.2) is 0 Å². The molecule has 16 heavy (non-hydrogen) atoms. The van der Waals surface area contributed by atoms with E-state index in [1.165, 1.54) is 12.1 Å². The van der Waals surface area contributed by atoms with Gasteiger partial charge >= 0.3 is 0 Å². The van der Waals surface area contributed by atoms with Crippen LogP contribution in [0.15, 0.2) is 48.5 Å². The van der Waals surface area contributed by atoms with Crippen LogP contribution >= 0.6 is 0 Å². The van der Waals surface area contributed by atoms with Gasteiger partial charge in [-0.1, -0.05) is 42.5 Å². The van der Waals surface area contributed by atoms with Crippen molar-refractivity contribution in [3.05, 3.63) is 65.5 Å². The number of nitrogens with two attached hydrogens (primary N) is 1.